The Labute approximate surface area is 183 Å². The van der Waals surface area contributed by atoms with Crippen molar-refractivity contribution in [1.29, 1.82) is 5.26 Å². The van der Waals surface area contributed by atoms with Crippen LogP contribution < -0.4 is 5.32 Å². The first kappa shape index (κ1) is 22.1. The SMILES string of the molecule is CCS(=O)(=O)c1nn2c(C(=O)NCC#N)ccnc2c1-c1nc2ccc(C(F)(F)F)cn2n1. The highest BCUT2D eigenvalue weighted by atomic mass is 32.2. The van der Waals surface area contributed by atoms with Crippen molar-refractivity contribution in [2.24, 2.45) is 0 Å². The van der Waals surface area contributed by atoms with Gasteiger partial charge in [0, 0.05) is 12.4 Å². The van der Waals surface area contributed by atoms with Crippen LogP contribution in [0.15, 0.2) is 35.6 Å². The number of alkyl halides is 3. The smallest absolute Gasteiger partial charge is 0.338 e. The molecular formula is C18H13F3N8O3S. The molecule has 0 aliphatic carbocycles. The van der Waals surface area contributed by atoms with E-state index in [4.69, 9.17) is 5.26 Å². The molecule has 0 radical (unpaired) electrons. The average Bonchev–Trinajstić information content (AvgIpc) is 3.37. The molecule has 4 rings (SSSR count). The van der Waals surface area contributed by atoms with Crippen molar-refractivity contribution in [3.05, 3.63) is 41.9 Å². The molecule has 4 aromatic heterocycles. The number of rotatable bonds is 5. The number of fused-ring (bicyclic) bond motifs is 2. The first-order chi connectivity index (χ1) is 15.6. The van der Waals surface area contributed by atoms with E-state index in [2.05, 4.69) is 25.5 Å². The summed E-state index contributed by atoms with van der Waals surface area (Å²) < 4.78 is 66.5. The molecule has 0 saturated heterocycles. The molecule has 15 heteroatoms. The van der Waals surface area contributed by atoms with Crippen LogP contribution in [0.2, 0.25) is 0 Å². The van der Waals surface area contributed by atoms with E-state index in [0.29, 0.717) is 0 Å². The van der Waals surface area contributed by atoms with Gasteiger partial charge in [-0.15, -0.1) is 5.10 Å². The summed E-state index contributed by atoms with van der Waals surface area (Å²) >= 11 is 0. The molecule has 1 amide bonds. The molecule has 0 aliphatic heterocycles. The predicted octanol–water partition coefficient (Wildman–Crippen LogP) is 1.50. The Kier molecular flexibility index (Phi) is 5.24. The Hall–Kier alpha value is -4.06. The van der Waals surface area contributed by atoms with Crippen molar-refractivity contribution >= 4 is 27.0 Å². The third kappa shape index (κ3) is 3.84. The molecule has 0 aliphatic rings. The number of nitrogens with one attached hydrogen (secondary N) is 1. The summed E-state index contributed by atoms with van der Waals surface area (Å²) in [6, 6.07) is 4.93. The molecule has 0 unspecified atom stereocenters. The quantitative estimate of drug-likeness (QED) is 0.425. The van der Waals surface area contributed by atoms with Gasteiger partial charge in [0.05, 0.1) is 17.4 Å². The number of carbonyl (C=O) groups excluding carboxylic acids is 1. The van der Waals surface area contributed by atoms with E-state index in [9.17, 15) is 26.4 Å². The molecule has 170 valence electrons. The zero-order valence-corrected chi connectivity index (χ0v) is 17.5. The highest BCUT2D eigenvalue weighted by Gasteiger charge is 2.32. The van der Waals surface area contributed by atoms with Gasteiger partial charge < -0.3 is 5.32 Å². The zero-order valence-electron chi connectivity index (χ0n) is 16.7. The lowest BCUT2D eigenvalue weighted by Gasteiger charge is -2.05. The standard InChI is InChI=1S/C18H13F3N8O3S/c1-2-33(31,32)17-13(14-25-12-4-3-10(18(19,20)21)9-28(12)26-14)15-23-7-5-11(29(15)27-17)16(30)24-8-6-22/h3-5,7,9H,2,8H2,1H3,(H,24,30). The summed E-state index contributed by atoms with van der Waals surface area (Å²) in [5, 5.41) is 18.6. The fraction of sp³-hybridized carbons (Fsp3) is 0.222. The van der Waals surface area contributed by atoms with Crippen LogP contribution in [0.25, 0.3) is 22.7 Å². The molecule has 0 aromatic carbocycles. The number of sulfone groups is 1. The minimum absolute atomic E-state index is 0.0279. The number of nitriles is 1. The maximum Gasteiger partial charge on any atom is 0.417 e. The van der Waals surface area contributed by atoms with Gasteiger partial charge in [-0.3, -0.25) is 4.79 Å². The second-order valence-electron chi connectivity index (χ2n) is 6.64. The van der Waals surface area contributed by atoms with Crippen LogP contribution in [-0.4, -0.2) is 55.8 Å². The van der Waals surface area contributed by atoms with Gasteiger partial charge >= 0.3 is 6.18 Å². The van der Waals surface area contributed by atoms with Crippen molar-refractivity contribution < 1.29 is 26.4 Å². The van der Waals surface area contributed by atoms with Crippen LogP contribution in [-0.2, 0) is 16.0 Å². The summed E-state index contributed by atoms with van der Waals surface area (Å²) in [5.41, 5.74) is -1.32. The number of hydrogen-bond acceptors (Lipinski definition) is 8. The van der Waals surface area contributed by atoms with Crippen molar-refractivity contribution in [2.75, 3.05) is 12.3 Å². The Morgan fingerprint density at radius 2 is 2.00 bits per heavy atom. The van der Waals surface area contributed by atoms with Crippen molar-refractivity contribution in [3.8, 4) is 17.5 Å². The fourth-order valence-corrected chi connectivity index (χ4v) is 3.99. The Bertz CT molecular complexity index is 1550. The van der Waals surface area contributed by atoms with Gasteiger partial charge in [0.25, 0.3) is 5.91 Å². The van der Waals surface area contributed by atoms with Gasteiger partial charge in [-0.1, -0.05) is 6.92 Å². The van der Waals surface area contributed by atoms with Gasteiger partial charge in [0.1, 0.15) is 17.8 Å². The first-order valence-electron chi connectivity index (χ1n) is 9.26. The molecule has 0 fully saturated rings. The molecule has 4 heterocycles. The van der Waals surface area contributed by atoms with Gasteiger partial charge in [-0.25, -0.2) is 27.4 Å². The fourth-order valence-electron chi connectivity index (χ4n) is 3.01. The largest absolute Gasteiger partial charge is 0.417 e. The van der Waals surface area contributed by atoms with E-state index in [-0.39, 0.29) is 40.7 Å². The van der Waals surface area contributed by atoms with E-state index < -0.39 is 32.5 Å². The topological polar surface area (TPSA) is 147 Å². The van der Waals surface area contributed by atoms with Gasteiger partial charge in [-0.05, 0) is 18.2 Å². The summed E-state index contributed by atoms with van der Waals surface area (Å²) in [7, 11) is -3.99. The Morgan fingerprint density at radius 3 is 2.67 bits per heavy atom. The minimum Gasteiger partial charge on any atom is -0.338 e. The van der Waals surface area contributed by atoms with E-state index in [1.165, 1.54) is 19.2 Å². The molecule has 0 saturated carbocycles. The van der Waals surface area contributed by atoms with Gasteiger partial charge in [-0.2, -0.15) is 23.5 Å². The third-order valence-corrected chi connectivity index (χ3v) is 6.24. The molecule has 0 spiro atoms. The molecule has 1 N–H and O–H groups in total. The summed E-state index contributed by atoms with van der Waals surface area (Å²) in [4.78, 5) is 20.7. The van der Waals surface area contributed by atoms with Crippen LogP contribution >= 0.6 is 0 Å². The number of pyridine rings is 1. The Morgan fingerprint density at radius 1 is 1.24 bits per heavy atom. The normalized spacial score (nSPS) is 12.2. The average molecular weight is 478 g/mol. The molecular weight excluding hydrogens is 465 g/mol. The van der Waals surface area contributed by atoms with Gasteiger partial charge in [0.2, 0.25) is 0 Å². The highest BCUT2D eigenvalue weighted by Crippen LogP contribution is 2.32. The maximum absolute atomic E-state index is 13.1. The zero-order chi connectivity index (χ0) is 24.0. The molecule has 0 bridgehead atoms. The molecule has 11 nitrogen and oxygen atoms in total. The highest BCUT2D eigenvalue weighted by molar-refractivity contribution is 7.91. The van der Waals surface area contributed by atoms with Crippen LogP contribution in [0, 0.1) is 11.3 Å². The second-order valence-corrected chi connectivity index (χ2v) is 8.84. The molecule has 33 heavy (non-hydrogen) atoms. The monoisotopic (exact) mass is 478 g/mol. The number of nitrogens with zero attached hydrogens (tertiary/aromatic N) is 7. The van der Waals surface area contributed by atoms with Crippen molar-refractivity contribution in [3.63, 3.8) is 0 Å². The van der Waals surface area contributed by atoms with Crippen LogP contribution in [0.5, 0.6) is 0 Å². The summed E-state index contributed by atoms with van der Waals surface area (Å²) in [6.45, 7) is 1.08. The van der Waals surface area contributed by atoms with E-state index >= 15 is 0 Å². The summed E-state index contributed by atoms with van der Waals surface area (Å²) in [5.74, 6) is -1.31. The van der Waals surface area contributed by atoms with E-state index in [0.717, 1.165) is 27.4 Å². The predicted molar refractivity (Wildman–Crippen MR) is 106 cm³/mol. The van der Waals surface area contributed by atoms with E-state index in [1.54, 1.807) is 6.07 Å². The lowest BCUT2D eigenvalue weighted by Crippen LogP contribution is -2.26. The minimum atomic E-state index is -4.62. The lowest BCUT2D eigenvalue weighted by molar-refractivity contribution is -0.137. The van der Waals surface area contributed by atoms with Crippen LogP contribution in [0.4, 0.5) is 13.2 Å². The molecule has 0 atom stereocenters. The second kappa shape index (κ2) is 7.81. The van der Waals surface area contributed by atoms with Gasteiger partial charge in [0.15, 0.2) is 32.0 Å². The lowest BCUT2D eigenvalue weighted by atomic mass is 10.3. The van der Waals surface area contributed by atoms with E-state index in [1.807, 2.05) is 0 Å². The third-order valence-electron chi connectivity index (χ3n) is 4.60. The number of amides is 1. The maximum atomic E-state index is 13.1. The summed E-state index contributed by atoms with van der Waals surface area (Å²) in [6.07, 6.45) is -2.67. The number of hydrogen-bond donors (Lipinski definition) is 1. The van der Waals surface area contributed by atoms with Crippen LogP contribution in [0.3, 0.4) is 0 Å². The number of carbonyl (C=O) groups is 1. The number of halogens is 3. The van der Waals surface area contributed by atoms with Crippen LogP contribution in [0.1, 0.15) is 23.0 Å². The molecule has 4 aromatic rings. The Balaban J connectivity index is 1.99. The first-order valence-corrected chi connectivity index (χ1v) is 10.9. The number of aromatic nitrogens is 6. The van der Waals surface area contributed by atoms with Crippen molar-refractivity contribution in [1.82, 2.24) is 34.5 Å². The van der Waals surface area contributed by atoms with Crippen molar-refractivity contribution in [2.45, 2.75) is 18.1 Å².